The molecule has 116 valence electrons. The predicted molar refractivity (Wildman–Crippen MR) is 85.4 cm³/mol. The molecule has 4 aromatic rings. The van der Waals surface area contributed by atoms with Gasteiger partial charge in [-0.05, 0) is 43.3 Å². The topological polar surface area (TPSA) is 82.7 Å². The minimum atomic E-state index is -0.299. The Morgan fingerprint density at radius 1 is 1.17 bits per heavy atom. The summed E-state index contributed by atoms with van der Waals surface area (Å²) in [4.78, 5) is 4.31. The molecule has 0 saturated heterocycles. The van der Waals surface area contributed by atoms with Crippen molar-refractivity contribution in [2.24, 2.45) is 0 Å². The average Bonchev–Trinajstić information content (AvgIpc) is 3.18. The van der Waals surface area contributed by atoms with Gasteiger partial charge in [0.15, 0.2) is 11.3 Å². The van der Waals surface area contributed by atoms with E-state index in [1.165, 1.54) is 16.6 Å². The van der Waals surface area contributed by atoms with Crippen molar-refractivity contribution in [3.63, 3.8) is 0 Å². The van der Waals surface area contributed by atoms with Gasteiger partial charge in [0.2, 0.25) is 0 Å². The van der Waals surface area contributed by atoms with Crippen LogP contribution in [0, 0.1) is 24.1 Å². The maximum atomic E-state index is 13.1. The fourth-order valence-electron chi connectivity index (χ4n) is 2.63. The fourth-order valence-corrected chi connectivity index (χ4v) is 2.63. The maximum absolute atomic E-state index is 13.1. The van der Waals surface area contributed by atoms with Gasteiger partial charge in [-0.3, -0.25) is 5.10 Å². The normalized spacial score (nSPS) is 10.9. The fraction of sp³-hybridized carbons (Fsp3) is 0.0588. The summed E-state index contributed by atoms with van der Waals surface area (Å²) < 4.78 is 14.7. The van der Waals surface area contributed by atoms with E-state index in [1.54, 1.807) is 31.3 Å². The van der Waals surface area contributed by atoms with Gasteiger partial charge in [0.05, 0.1) is 23.3 Å². The number of aryl methyl sites for hydroxylation is 1. The highest BCUT2D eigenvalue weighted by Gasteiger charge is 2.14. The van der Waals surface area contributed by atoms with E-state index in [-0.39, 0.29) is 5.82 Å². The molecule has 4 rings (SSSR count). The number of rotatable bonds is 2. The molecule has 7 heteroatoms. The Morgan fingerprint density at radius 2 is 1.96 bits per heavy atom. The molecule has 0 unspecified atom stereocenters. The number of nitrogens with zero attached hydrogens (tertiary/aromatic N) is 5. The van der Waals surface area contributed by atoms with Gasteiger partial charge in [0, 0.05) is 11.1 Å². The SMILES string of the molecule is Cc1nc2ccc(-c3cn[nH]c3-c3ccc(F)cc3)nn2c1C#N. The molecule has 0 atom stereocenters. The Morgan fingerprint density at radius 3 is 2.71 bits per heavy atom. The molecule has 3 heterocycles. The molecule has 1 aromatic carbocycles. The van der Waals surface area contributed by atoms with Gasteiger partial charge >= 0.3 is 0 Å². The Bertz CT molecular complexity index is 1080. The van der Waals surface area contributed by atoms with Gasteiger partial charge in [-0.2, -0.15) is 15.5 Å². The van der Waals surface area contributed by atoms with Gasteiger partial charge in [-0.15, -0.1) is 0 Å². The second kappa shape index (κ2) is 5.28. The third-order valence-corrected chi connectivity index (χ3v) is 3.81. The first-order valence-electron chi connectivity index (χ1n) is 7.23. The zero-order chi connectivity index (χ0) is 16.7. The summed E-state index contributed by atoms with van der Waals surface area (Å²) >= 11 is 0. The molecule has 0 bridgehead atoms. The molecular weight excluding hydrogens is 307 g/mol. The number of halogens is 1. The monoisotopic (exact) mass is 318 g/mol. The molecule has 6 nitrogen and oxygen atoms in total. The molecule has 3 aromatic heterocycles. The number of nitriles is 1. The van der Waals surface area contributed by atoms with Crippen molar-refractivity contribution in [1.29, 1.82) is 5.26 Å². The van der Waals surface area contributed by atoms with Gasteiger partial charge in [-0.1, -0.05) is 0 Å². The molecule has 0 aliphatic rings. The highest BCUT2D eigenvalue weighted by Crippen LogP contribution is 2.29. The minimum absolute atomic E-state index is 0.299. The van der Waals surface area contributed by atoms with Crippen LogP contribution in [-0.2, 0) is 0 Å². The van der Waals surface area contributed by atoms with Crippen LogP contribution in [0.2, 0.25) is 0 Å². The van der Waals surface area contributed by atoms with E-state index in [4.69, 9.17) is 0 Å². The number of hydrogen-bond acceptors (Lipinski definition) is 4. The van der Waals surface area contributed by atoms with Crippen LogP contribution in [0.15, 0.2) is 42.6 Å². The van der Waals surface area contributed by atoms with Gasteiger partial charge in [-0.25, -0.2) is 13.9 Å². The largest absolute Gasteiger partial charge is 0.277 e. The number of fused-ring (bicyclic) bond motifs is 1. The summed E-state index contributed by atoms with van der Waals surface area (Å²) in [5, 5.41) is 20.8. The number of hydrogen-bond donors (Lipinski definition) is 1. The molecule has 0 spiro atoms. The molecule has 0 aliphatic carbocycles. The van der Waals surface area contributed by atoms with Crippen LogP contribution >= 0.6 is 0 Å². The number of aromatic nitrogens is 5. The van der Waals surface area contributed by atoms with Crippen LogP contribution in [0.25, 0.3) is 28.2 Å². The van der Waals surface area contributed by atoms with Crippen LogP contribution in [0.1, 0.15) is 11.4 Å². The van der Waals surface area contributed by atoms with Gasteiger partial charge in [0.1, 0.15) is 11.9 Å². The second-order valence-electron chi connectivity index (χ2n) is 5.31. The van der Waals surface area contributed by atoms with Crippen LogP contribution in [0.5, 0.6) is 0 Å². The number of benzene rings is 1. The van der Waals surface area contributed by atoms with E-state index < -0.39 is 0 Å². The maximum Gasteiger partial charge on any atom is 0.165 e. The van der Waals surface area contributed by atoms with Gasteiger partial charge in [0.25, 0.3) is 0 Å². The van der Waals surface area contributed by atoms with Crippen LogP contribution < -0.4 is 0 Å². The summed E-state index contributed by atoms with van der Waals surface area (Å²) in [6.45, 7) is 1.77. The van der Waals surface area contributed by atoms with Crippen LogP contribution in [0.3, 0.4) is 0 Å². The van der Waals surface area contributed by atoms with E-state index in [2.05, 4.69) is 26.3 Å². The van der Waals surface area contributed by atoms with E-state index in [9.17, 15) is 9.65 Å². The van der Waals surface area contributed by atoms with Crippen molar-refractivity contribution < 1.29 is 4.39 Å². The number of aromatic amines is 1. The van der Waals surface area contributed by atoms with Gasteiger partial charge < -0.3 is 0 Å². The second-order valence-corrected chi connectivity index (χ2v) is 5.31. The summed E-state index contributed by atoms with van der Waals surface area (Å²) in [7, 11) is 0. The summed E-state index contributed by atoms with van der Waals surface area (Å²) in [6, 6.07) is 11.9. The minimum Gasteiger partial charge on any atom is -0.277 e. The van der Waals surface area contributed by atoms with E-state index in [0.717, 1.165) is 16.8 Å². The third kappa shape index (κ3) is 2.13. The third-order valence-electron chi connectivity index (χ3n) is 3.81. The predicted octanol–water partition coefficient (Wildman–Crippen LogP) is 3.11. The standard InChI is InChI=1S/C17H11FN6/c1-10-15(8-19)24-16(21-10)7-6-14(23-24)13-9-20-22-17(13)11-2-4-12(18)5-3-11/h2-7,9H,1H3,(H,20,22). The summed E-state index contributed by atoms with van der Waals surface area (Å²) in [6.07, 6.45) is 1.66. The van der Waals surface area contributed by atoms with Crippen molar-refractivity contribution in [2.75, 3.05) is 0 Å². The Hall–Kier alpha value is -3.53. The Kier molecular flexibility index (Phi) is 3.10. The first-order chi connectivity index (χ1) is 11.7. The van der Waals surface area contributed by atoms with Crippen LogP contribution in [0.4, 0.5) is 4.39 Å². The molecular formula is C17H11FN6. The Labute approximate surface area is 136 Å². The number of imidazole rings is 1. The average molecular weight is 318 g/mol. The lowest BCUT2D eigenvalue weighted by molar-refractivity contribution is 0.628. The highest BCUT2D eigenvalue weighted by molar-refractivity contribution is 5.78. The van der Waals surface area contributed by atoms with Crippen LogP contribution in [-0.4, -0.2) is 24.8 Å². The number of H-pyrrole nitrogens is 1. The smallest absolute Gasteiger partial charge is 0.165 e. The summed E-state index contributed by atoms with van der Waals surface area (Å²) in [5.74, 6) is -0.299. The van der Waals surface area contributed by atoms with Crippen molar-refractivity contribution in [3.8, 4) is 28.6 Å². The Balaban J connectivity index is 1.89. The zero-order valence-electron chi connectivity index (χ0n) is 12.7. The molecule has 0 amide bonds. The van der Waals surface area contributed by atoms with Crippen molar-refractivity contribution in [3.05, 3.63) is 59.8 Å². The van der Waals surface area contributed by atoms with E-state index >= 15 is 0 Å². The zero-order valence-corrected chi connectivity index (χ0v) is 12.7. The molecule has 0 radical (unpaired) electrons. The first-order valence-corrected chi connectivity index (χ1v) is 7.23. The van der Waals surface area contributed by atoms with E-state index in [0.29, 0.717) is 22.7 Å². The molecule has 0 saturated carbocycles. The molecule has 24 heavy (non-hydrogen) atoms. The number of nitrogens with one attached hydrogen (secondary N) is 1. The van der Waals surface area contributed by atoms with E-state index in [1.807, 2.05) is 6.07 Å². The van der Waals surface area contributed by atoms with Crippen molar-refractivity contribution in [2.45, 2.75) is 6.92 Å². The lowest BCUT2D eigenvalue weighted by Crippen LogP contribution is -1.97. The van der Waals surface area contributed by atoms with Crippen molar-refractivity contribution >= 4 is 5.65 Å². The molecule has 0 aliphatic heterocycles. The molecule has 1 N–H and O–H groups in total. The summed E-state index contributed by atoms with van der Waals surface area (Å²) in [5.41, 5.74) is 4.58. The van der Waals surface area contributed by atoms with Crippen molar-refractivity contribution in [1.82, 2.24) is 24.8 Å². The first kappa shape index (κ1) is 14.1. The molecule has 0 fully saturated rings. The quantitative estimate of drug-likeness (QED) is 0.615. The highest BCUT2D eigenvalue weighted by atomic mass is 19.1. The lowest BCUT2D eigenvalue weighted by atomic mass is 10.1. The lowest BCUT2D eigenvalue weighted by Gasteiger charge is -2.04.